The Morgan fingerprint density at radius 2 is 1.77 bits per heavy atom. The Labute approximate surface area is 177 Å². The van der Waals surface area contributed by atoms with Crippen LogP contribution in [0.3, 0.4) is 0 Å². The molecule has 0 saturated carbocycles. The molecule has 10 heteroatoms. The third-order valence-electron chi connectivity index (χ3n) is 5.07. The molecule has 1 aliphatic rings. The van der Waals surface area contributed by atoms with Crippen LogP contribution in [0.2, 0.25) is 0 Å². The lowest BCUT2D eigenvalue weighted by atomic mass is 10.1. The summed E-state index contributed by atoms with van der Waals surface area (Å²) in [7, 11) is 1.57. The van der Waals surface area contributed by atoms with Crippen LogP contribution < -0.4 is 0 Å². The van der Waals surface area contributed by atoms with Crippen molar-refractivity contribution < 1.29 is 28.8 Å². The summed E-state index contributed by atoms with van der Waals surface area (Å²) in [5.74, 6) is -3.24. The van der Waals surface area contributed by atoms with E-state index in [2.05, 4.69) is 0 Å². The van der Waals surface area contributed by atoms with Crippen LogP contribution in [0.15, 0.2) is 48.5 Å². The van der Waals surface area contributed by atoms with E-state index < -0.39 is 47.5 Å². The van der Waals surface area contributed by atoms with Crippen molar-refractivity contribution in [2.45, 2.75) is 13.0 Å². The van der Waals surface area contributed by atoms with E-state index in [1.54, 1.807) is 7.05 Å². The number of fused-ring (bicyclic) bond motifs is 1. The van der Waals surface area contributed by atoms with Gasteiger partial charge in [0.25, 0.3) is 23.4 Å². The first-order valence-corrected chi connectivity index (χ1v) is 9.32. The maximum Gasteiger partial charge on any atom is 0.326 e. The molecule has 31 heavy (non-hydrogen) atoms. The van der Waals surface area contributed by atoms with E-state index in [0.717, 1.165) is 11.6 Å². The van der Waals surface area contributed by atoms with Crippen LogP contribution in [0.4, 0.5) is 5.69 Å². The van der Waals surface area contributed by atoms with Crippen molar-refractivity contribution >= 4 is 29.4 Å². The summed E-state index contributed by atoms with van der Waals surface area (Å²) in [6.07, 6.45) is 0. The van der Waals surface area contributed by atoms with Crippen molar-refractivity contribution in [1.29, 1.82) is 0 Å². The van der Waals surface area contributed by atoms with E-state index in [1.165, 1.54) is 17.0 Å². The lowest BCUT2D eigenvalue weighted by Crippen LogP contribution is -2.38. The van der Waals surface area contributed by atoms with Gasteiger partial charge in [0.2, 0.25) is 0 Å². The van der Waals surface area contributed by atoms with Crippen LogP contribution in [0.1, 0.15) is 39.2 Å². The molecule has 0 N–H and O–H groups in total. The minimum atomic E-state index is -0.980. The van der Waals surface area contributed by atoms with Gasteiger partial charge in [0, 0.05) is 13.1 Å². The van der Waals surface area contributed by atoms with Gasteiger partial charge >= 0.3 is 5.97 Å². The molecule has 3 rings (SSSR count). The first-order valence-electron chi connectivity index (χ1n) is 9.32. The number of hydrogen-bond acceptors (Lipinski definition) is 7. The third-order valence-corrected chi connectivity index (χ3v) is 5.07. The van der Waals surface area contributed by atoms with Crippen molar-refractivity contribution in [1.82, 2.24) is 9.80 Å². The maximum atomic E-state index is 12.5. The number of amides is 3. The first-order chi connectivity index (χ1) is 14.7. The minimum absolute atomic E-state index is 0.153. The smallest absolute Gasteiger partial charge is 0.326 e. The predicted molar refractivity (Wildman–Crippen MR) is 107 cm³/mol. The largest absolute Gasteiger partial charge is 0.454 e. The molecule has 10 nitrogen and oxygen atoms in total. The second kappa shape index (κ2) is 8.74. The van der Waals surface area contributed by atoms with E-state index in [0.29, 0.717) is 4.90 Å². The standard InChI is InChI=1S/C21H19N3O7/c1-13(14-7-4-3-5-8-14)22(2)17(25)12-31-18(26)11-23-20(27)15-9-6-10-16(24(29)30)19(15)21(23)28/h3-10,13H,11-12H2,1-2H3. The first kappa shape index (κ1) is 21.6. The van der Waals surface area contributed by atoms with Crippen molar-refractivity contribution in [3.05, 3.63) is 75.3 Å². The lowest BCUT2D eigenvalue weighted by molar-refractivity contribution is -0.385. The monoisotopic (exact) mass is 425 g/mol. The van der Waals surface area contributed by atoms with Gasteiger partial charge in [0.15, 0.2) is 6.61 Å². The Morgan fingerprint density at radius 3 is 2.42 bits per heavy atom. The Kier molecular flexibility index (Phi) is 6.10. The van der Waals surface area contributed by atoms with Crippen LogP contribution in [0, 0.1) is 10.1 Å². The van der Waals surface area contributed by atoms with Crippen LogP contribution in [0.25, 0.3) is 0 Å². The molecule has 0 bridgehead atoms. The topological polar surface area (TPSA) is 127 Å². The summed E-state index contributed by atoms with van der Waals surface area (Å²) >= 11 is 0. The Hall–Kier alpha value is -4.08. The quantitative estimate of drug-likeness (QED) is 0.287. The summed E-state index contributed by atoms with van der Waals surface area (Å²) in [5.41, 5.74) is -0.131. The number of hydrogen-bond donors (Lipinski definition) is 0. The highest BCUT2D eigenvalue weighted by molar-refractivity contribution is 6.24. The molecule has 1 heterocycles. The van der Waals surface area contributed by atoms with Gasteiger partial charge < -0.3 is 9.64 Å². The molecule has 2 aromatic rings. The lowest BCUT2D eigenvalue weighted by Gasteiger charge is -2.25. The Bertz CT molecular complexity index is 1070. The zero-order chi connectivity index (χ0) is 22.7. The van der Waals surface area contributed by atoms with Gasteiger partial charge in [-0.15, -0.1) is 0 Å². The fourth-order valence-electron chi connectivity index (χ4n) is 3.20. The van der Waals surface area contributed by atoms with Crippen molar-refractivity contribution in [3.63, 3.8) is 0 Å². The summed E-state index contributed by atoms with van der Waals surface area (Å²) < 4.78 is 4.94. The van der Waals surface area contributed by atoms with Gasteiger partial charge in [-0.25, -0.2) is 0 Å². The zero-order valence-corrected chi connectivity index (χ0v) is 16.8. The molecule has 0 aliphatic carbocycles. The highest BCUT2D eigenvalue weighted by atomic mass is 16.6. The van der Waals surface area contributed by atoms with Crippen LogP contribution >= 0.6 is 0 Å². The molecular formula is C21H19N3O7. The molecule has 0 aromatic heterocycles. The average molecular weight is 425 g/mol. The van der Waals surface area contributed by atoms with Crippen molar-refractivity contribution in [2.75, 3.05) is 20.2 Å². The fourth-order valence-corrected chi connectivity index (χ4v) is 3.20. The summed E-state index contributed by atoms with van der Waals surface area (Å²) in [4.78, 5) is 61.7. The van der Waals surface area contributed by atoms with Crippen molar-refractivity contribution in [3.8, 4) is 0 Å². The molecule has 0 saturated heterocycles. The molecule has 0 radical (unpaired) electrons. The normalized spacial score (nSPS) is 13.5. The zero-order valence-electron chi connectivity index (χ0n) is 16.8. The molecule has 160 valence electrons. The average Bonchev–Trinajstić information content (AvgIpc) is 3.01. The second-order valence-electron chi connectivity index (χ2n) is 6.91. The molecule has 3 amide bonds. The number of nitrogens with zero attached hydrogens (tertiary/aromatic N) is 3. The Balaban J connectivity index is 1.61. The third kappa shape index (κ3) is 4.27. The number of imide groups is 1. The van der Waals surface area contributed by atoms with Crippen LogP contribution in [-0.4, -0.2) is 58.6 Å². The number of benzene rings is 2. The maximum absolute atomic E-state index is 12.5. The van der Waals surface area contributed by atoms with Crippen LogP contribution in [-0.2, 0) is 14.3 Å². The molecular weight excluding hydrogens is 406 g/mol. The summed E-state index contributed by atoms with van der Waals surface area (Å²) in [5, 5.41) is 11.1. The van der Waals surface area contributed by atoms with Gasteiger partial charge in [0.05, 0.1) is 16.5 Å². The second-order valence-corrected chi connectivity index (χ2v) is 6.91. The molecule has 1 unspecified atom stereocenters. The SMILES string of the molecule is CC(c1ccccc1)N(C)C(=O)COC(=O)CN1C(=O)c2cccc([N+](=O)[O-])c2C1=O. The number of carbonyl (C=O) groups excluding carboxylic acids is 4. The highest BCUT2D eigenvalue weighted by Gasteiger charge is 2.42. The van der Waals surface area contributed by atoms with Crippen LogP contribution in [0.5, 0.6) is 0 Å². The summed E-state index contributed by atoms with van der Waals surface area (Å²) in [6, 6.07) is 12.7. The number of likely N-dealkylation sites (N-methyl/N-ethyl adjacent to an activating group) is 1. The molecule has 1 atom stereocenters. The fraction of sp³-hybridized carbons (Fsp3) is 0.238. The number of esters is 1. The van der Waals surface area contributed by atoms with E-state index in [4.69, 9.17) is 4.74 Å². The van der Waals surface area contributed by atoms with Gasteiger partial charge in [0.1, 0.15) is 12.1 Å². The number of carbonyl (C=O) groups is 4. The molecule has 0 spiro atoms. The van der Waals surface area contributed by atoms with Crippen molar-refractivity contribution in [2.24, 2.45) is 0 Å². The van der Waals surface area contributed by atoms with Gasteiger partial charge in [-0.3, -0.25) is 34.2 Å². The molecule has 0 fully saturated rings. The van der Waals surface area contributed by atoms with Gasteiger partial charge in [-0.2, -0.15) is 0 Å². The number of ether oxygens (including phenoxy) is 1. The number of nitro benzene ring substituents is 1. The minimum Gasteiger partial charge on any atom is -0.454 e. The molecule has 1 aliphatic heterocycles. The van der Waals surface area contributed by atoms with Gasteiger partial charge in [-0.05, 0) is 18.6 Å². The Morgan fingerprint density at radius 1 is 1.10 bits per heavy atom. The highest BCUT2D eigenvalue weighted by Crippen LogP contribution is 2.30. The van der Waals surface area contributed by atoms with E-state index in [-0.39, 0.29) is 17.2 Å². The summed E-state index contributed by atoms with van der Waals surface area (Å²) in [6.45, 7) is 0.491. The molecule has 2 aromatic carbocycles. The van der Waals surface area contributed by atoms with E-state index in [1.807, 2.05) is 37.3 Å². The number of rotatable bonds is 7. The predicted octanol–water partition coefficient (Wildman–Crippen LogP) is 1.95. The van der Waals surface area contributed by atoms with E-state index in [9.17, 15) is 29.3 Å². The number of nitro groups is 1. The van der Waals surface area contributed by atoms with E-state index >= 15 is 0 Å². The van der Waals surface area contributed by atoms with Gasteiger partial charge in [-0.1, -0.05) is 36.4 Å².